The number of aryl methyl sites for hydroxylation is 3. The molecule has 2 aromatic carbocycles. The fraction of sp³-hybridized carbons (Fsp3) is 0.483. The van der Waals surface area contributed by atoms with Crippen LogP contribution in [0.3, 0.4) is 0 Å². The highest BCUT2D eigenvalue weighted by atomic mass is 19.4. The van der Waals surface area contributed by atoms with E-state index in [4.69, 9.17) is 5.11 Å². The van der Waals surface area contributed by atoms with Crippen molar-refractivity contribution in [3.63, 3.8) is 0 Å². The summed E-state index contributed by atoms with van der Waals surface area (Å²) in [7, 11) is 1.62. The molecule has 0 spiro atoms. The van der Waals surface area contributed by atoms with Gasteiger partial charge in [0, 0.05) is 38.3 Å². The number of rotatable bonds is 13. The van der Waals surface area contributed by atoms with Gasteiger partial charge in [0.05, 0.1) is 24.2 Å². The normalized spacial score (nSPS) is 12.7. The average molecular weight is 570 g/mol. The lowest BCUT2D eigenvalue weighted by Gasteiger charge is -2.29. The van der Waals surface area contributed by atoms with E-state index in [1.165, 1.54) is 22.0 Å². The first kappa shape index (κ1) is 29.8. The van der Waals surface area contributed by atoms with Crippen molar-refractivity contribution in [2.24, 2.45) is 7.05 Å². The van der Waals surface area contributed by atoms with Crippen LogP contribution in [-0.2, 0) is 43.9 Å². The number of fused-ring (bicyclic) bond motifs is 1. The highest BCUT2D eigenvalue weighted by Crippen LogP contribution is 2.34. The standard InChI is InChI=1S/C29H34F3N7O2/c1-3-38(11-6-4-5-10-27(40)41)26-16-23-9-7-8-22(23)15-24(26)19-39(28-34-36-37(2)35-28)18-21-12-20(17-33)13-25(14-21)29(30,31)32/h12-16H,3-11,18-19H2,1-2H3,(H,40,41). The molecule has 0 aliphatic heterocycles. The predicted octanol–water partition coefficient (Wildman–Crippen LogP) is 5.27. The third-order valence-electron chi connectivity index (χ3n) is 7.30. The number of nitrogens with zero attached hydrogens (tertiary/aromatic N) is 7. The molecular weight excluding hydrogens is 535 g/mol. The molecule has 0 atom stereocenters. The molecule has 4 rings (SSSR count). The molecule has 41 heavy (non-hydrogen) atoms. The van der Waals surface area contributed by atoms with Crippen LogP contribution >= 0.6 is 0 Å². The first-order valence-electron chi connectivity index (χ1n) is 13.8. The summed E-state index contributed by atoms with van der Waals surface area (Å²) in [6.07, 6.45) is 0.856. The molecule has 1 heterocycles. The lowest BCUT2D eigenvalue weighted by atomic mass is 10.0. The number of tetrazole rings is 1. The lowest BCUT2D eigenvalue weighted by Crippen LogP contribution is -2.29. The van der Waals surface area contributed by atoms with Crippen LogP contribution in [0.5, 0.6) is 0 Å². The van der Waals surface area contributed by atoms with Crippen LogP contribution < -0.4 is 9.80 Å². The van der Waals surface area contributed by atoms with Gasteiger partial charge >= 0.3 is 12.1 Å². The fourth-order valence-electron chi connectivity index (χ4n) is 5.32. The van der Waals surface area contributed by atoms with E-state index in [1.54, 1.807) is 11.9 Å². The van der Waals surface area contributed by atoms with Crippen molar-refractivity contribution in [2.75, 3.05) is 22.9 Å². The maximum atomic E-state index is 13.6. The summed E-state index contributed by atoms with van der Waals surface area (Å²) in [5, 5.41) is 30.8. The molecule has 3 aromatic rings. The minimum Gasteiger partial charge on any atom is -0.481 e. The van der Waals surface area contributed by atoms with Gasteiger partial charge in [-0.1, -0.05) is 17.6 Å². The zero-order valence-corrected chi connectivity index (χ0v) is 23.3. The molecule has 0 radical (unpaired) electrons. The topological polar surface area (TPSA) is 111 Å². The van der Waals surface area contributed by atoms with Crippen LogP contribution in [0.15, 0.2) is 30.3 Å². The van der Waals surface area contributed by atoms with E-state index in [0.29, 0.717) is 18.5 Å². The molecule has 1 aliphatic rings. The summed E-state index contributed by atoms with van der Waals surface area (Å²) in [4.78, 5) is 16.2. The maximum absolute atomic E-state index is 13.6. The Morgan fingerprint density at radius 1 is 1.07 bits per heavy atom. The van der Waals surface area contributed by atoms with E-state index in [2.05, 4.69) is 39.4 Å². The first-order valence-corrected chi connectivity index (χ1v) is 13.8. The molecule has 0 amide bonds. The second-order valence-electron chi connectivity index (χ2n) is 10.4. The quantitative estimate of drug-likeness (QED) is 0.277. The van der Waals surface area contributed by atoms with Gasteiger partial charge in [-0.25, -0.2) is 0 Å². The molecule has 1 aliphatic carbocycles. The maximum Gasteiger partial charge on any atom is 0.416 e. The van der Waals surface area contributed by atoms with Gasteiger partial charge in [-0.15, -0.1) is 5.10 Å². The average Bonchev–Trinajstić information content (AvgIpc) is 3.57. The number of anilines is 2. The smallest absolute Gasteiger partial charge is 0.416 e. The zero-order valence-electron chi connectivity index (χ0n) is 23.3. The third kappa shape index (κ3) is 7.74. The summed E-state index contributed by atoms with van der Waals surface area (Å²) < 4.78 is 40.8. The van der Waals surface area contributed by atoms with E-state index in [0.717, 1.165) is 68.6 Å². The summed E-state index contributed by atoms with van der Waals surface area (Å²) >= 11 is 0. The minimum atomic E-state index is -4.59. The van der Waals surface area contributed by atoms with Crippen molar-refractivity contribution in [2.45, 2.75) is 71.1 Å². The van der Waals surface area contributed by atoms with Crippen LogP contribution in [-0.4, -0.2) is 44.4 Å². The monoisotopic (exact) mass is 569 g/mol. The number of unbranched alkanes of at least 4 members (excludes halogenated alkanes) is 2. The van der Waals surface area contributed by atoms with Crippen molar-refractivity contribution in [3.05, 3.63) is 63.7 Å². The van der Waals surface area contributed by atoms with Crippen LogP contribution in [0.1, 0.15) is 72.4 Å². The van der Waals surface area contributed by atoms with Gasteiger partial charge in [0.25, 0.3) is 5.95 Å². The van der Waals surface area contributed by atoms with Crippen molar-refractivity contribution < 1.29 is 23.1 Å². The molecule has 12 heteroatoms. The van der Waals surface area contributed by atoms with Gasteiger partial charge in [-0.2, -0.15) is 23.2 Å². The van der Waals surface area contributed by atoms with E-state index in [9.17, 15) is 23.2 Å². The molecular formula is C29H34F3N7O2. The molecule has 0 bridgehead atoms. The summed E-state index contributed by atoms with van der Waals surface area (Å²) in [5.41, 5.74) is 3.97. The van der Waals surface area contributed by atoms with Crippen LogP contribution in [0.4, 0.5) is 24.8 Å². The van der Waals surface area contributed by atoms with E-state index in [1.807, 2.05) is 6.07 Å². The van der Waals surface area contributed by atoms with Gasteiger partial charge < -0.3 is 14.9 Å². The summed E-state index contributed by atoms with van der Waals surface area (Å²) in [5.74, 6) is -0.523. The molecule has 0 fully saturated rings. The van der Waals surface area contributed by atoms with Crippen molar-refractivity contribution in [3.8, 4) is 6.07 Å². The second-order valence-corrected chi connectivity index (χ2v) is 10.4. The molecule has 0 unspecified atom stereocenters. The highest BCUT2D eigenvalue weighted by molar-refractivity contribution is 5.66. The Hall–Kier alpha value is -4.14. The Morgan fingerprint density at radius 2 is 1.83 bits per heavy atom. The molecule has 1 N–H and O–H groups in total. The number of nitriles is 1. The Bertz CT molecular complexity index is 1410. The molecule has 9 nitrogen and oxygen atoms in total. The van der Waals surface area contributed by atoms with Crippen molar-refractivity contribution in [1.29, 1.82) is 5.26 Å². The SMILES string of the molecule is CCN(CCCCCC(=O)O)c1cc2c(cc1CN(Cc1cc(C#N)cc(C(F)(F)F)c1)c1nnn(C)n1)CCC2. The van der Waals surface area contributed by atoms with Gasteiger partial charge in [-0.05, 0) is 90.8 Å². The summed E-state index contributed by atoms with van der Waals surface area (Å²) in [6, 6.07) is 9.60. The number of halogens is 3. The van der Waals surface area contributed by atoms with Crippen LogP contribution in [0.25, 0.3) is 0 Å². The van der Waals surface area contributed by atoms with Gasteiger partial charge in [0.2, 0.25) is 0 Å². The lowest BCUT2D eigenvalue weighted by molar-refractivity contribution is -0.138. The molecule has 218 valence electrons. The van der Waals surface area contributed by atoms with Crippen molar-refractivity contribution >= 4 is 17.6 Å². The fourth-order valence-corrected chi connectivity index (χ4v) is 5.32. The van der Waals surface area contributed by atoms with Crippen LogP contribution in [0.2, 0.25) is 0 Å². The number of carboxylic acids is 1. The number of carboxylic acid groups (broad SMARTS) is 1. The van der Waals surface area contributed by atoms with Gasteiger partial charge in [-0.3, -0.25) is 4.79 Å². The molecule has 0 saturated carbocycles. The zero-order chi connectivity index (χ0) is 29.6. The third-order valence-corrected chi connectivity index (χ3v) is 7.30. The Kier molecular flexibility index (Phi) is 9.47. The van der Waals surface area contributed by atoms with E-state index < -0.39 is 17.7 Å². The summed E-state index contributed by atoms with van der Waals surface area (Å²) in [6.45, 7) is 3.93. The first-order chi connectivity index (χ1) is 19.6. The van der Waals surface area contributed by atoms with Crippen molar-refractivity contribution in [1.82, 2.24) is 20.2 Å². The minimum absolute atomic E-state index is 0.0438. The van der Waals surface area contributed by atoms with Gasteiger partial charge in [0.15, 0.2) is 0 Å². The van der Waals surface area contributed by atoms with E-state index >= 15 is 0 Å². The Labute approximate surface area is 237 Å². The number of benzene rings is 2. The number of hydrogen-bond acceptors (Lipinski definition) is 7. The number of carbonyl (C=O) groups is 1. The Morgan fingerprint density at radius 3 is 2.46 bits per heavy atom. The number of aliphatic carboxylic acids is 1. The predicted molar refractivity (Wildman–Crippen MR) is 147 cm³/mol. The number of aromatic nitrogens is 4. The van der Waals surface area contributed by atoms with E-state index in [-0.39, 0.29) is 24.5 Å². The highest BCUT2D eigenvalue weighted by Gasteiger charge is 2.31. The molecule has 1 aromatic heterocycles. The van der Waals surface area contributed by atoms with Gasteiger partial charge in [0.1, 0.15) is 0 Å². The Balaban J connectivity index is 1.67. The largest absolute Gasteiger partial charge is 0.481 e. The molecule has 0 saturated heterocycles. The second kappa shape index (κ2) is 13.0. The number of alkyl halides is 3. The number of hydrogen-bond donors (Lipinski definition) is 1. The van der Waals surface area contributed by atoms with Crippen LogP contribution in [0, 0.1) is 11.3 Å².